The zero-order valence-corrected chi connectivity index (χ0v) is 17.8. The minimum absolute atomic E-state index is 0.162. The van der Waals surface area contributed by atoms with Crippen molar-refractivity contribution in [2.45, 2.75) is 6.54 Å². The molecule has 0 saturated heterocycles. The van der Waals surface area contributed by atoms with Crippen LogP contribution in [0.2, 0.25) is 0 Å². The molecule has 0 unspecified atom stereocenters. The van der Waals surface area contributed by atoms with Gasteiger partial charge in [-0.2, -0.15) is 0 Å². The number of H-pyrrole nitrogens is 1. The van der Waals surface area contributed by atoms with Gasteiger partial charge in [0.1, 0.15) is 11.4 Å². The molecule has 0 bridgehead atoms. The summed E-state index contributed by atoms with van der Waals surface area (Å²) in [5.74, 6) is -1.24. The molecule has 0 radical (unpaired) electrons. The third-order valence-electron chi connectivity index (χ3n) is 5.10. The second-order valence-electron chi connectivity index (χ2n) is 7.24. The normalized spacial score (nSPS) is 11.1. The standard InChI is InChI=1S/C23H16FN5O3S/c24-18-7-2-1-4-15(18)12-29-21(31)17(11-25-22(29)32)20(30)26-16-6-3-5-14(10-16)19-13-28-8-9-33-23(28)27-19/h1-11,13H,12H2,(H,25,32)(H,26,30). The quantitative estimate of drug-likeness (QED) is 0.419. The number of fused-ring (bicyclic) bond motifs is 1. The van der Waals surface area contributed by atoms with E-state index < -0.39 is 23.0 Å². The van der Waals surface area contributed by atoms with Crippen LogP contribution < -0.4 is 16.6 Å². The Hall–Kier alpha value is -4.31. The first-order chi connectivity index (χ1) is 16.0. The van der Waals surface area contributed by atoms with Crippen LogP contribution in [0.15, 0.2) is 82.1 Å². The topological polar surface area (TPSA) is 101 Å². The van der Waals surface area contributed by atoms with Gasteiger partial charge in [0.2, 0.25) is 0 Å². The molecule has 0 aliphatic heterocycles. The zero-order valence-electron chi connectivity index (χ0n) is 17.0. The van der Waals surface area contributed by atoms with Gasteiger partial charge in [-0.15, -0.1) is 11.3 Å². The Morgan fingerprint density at radius 2 is 2.00 bits per heavy atom. The Balaban J connectivity index is 1.42. The van der Waals surface area contributed by atoms with Crippen LogP contribution in [0.25, 0.3) is 16.2 Å². The molecule has 1 amide bonds. The fourth-order valence-corrected chi connectivity index (χ4v) is 4.14. The van der Waals surface area contributed by atoms with Crippen LogP contribution >= 0.6 is 11.3 Å². The van der Waals surface area contributed by atoms with Gasteiger partial charge in [-0.05, 0) is 18.2 Å². The van der Waals surface area contributed by atoms with Gasteiger partial charge in [-0.1, -0.05) is 30.3 Å². The van der Waals surface area contributed by atoms with Gasteiger partial charge < -0.3 is 10.3 Å². The number of nitrogens with one attached hydrogen (secondary N) is 2. The van der Waals surface area contributed by atoms with E-state index >= 15 is 0 Å². The van der Waals surface area contributed by atoms with E-state index in [1.807, 2.05) is 28.2 Å². The number of hydrogen-bond acceptors (Lipinski definition) is 5. The number of carbonyl (C=O) groups is 1. The van der Waals surface area contributed by atoms with E-state index in [1.165, 1.54) is 29.5 Å². The van der Waals surface area contributed by atoms with Crippen molar-refractivity contribution >= 4 is 27.9 Å². The molecule has 5 rings (SSSR count). The Morgan fingerprint density at radius 3 is 2.82 bits per heavy atom. The maximum atomic E-state index is 14.0. The van der Waals surface area contributed by atoms with Gasteiger partial charge in [0.05, 0.1) is 12.2 Å². The summed E-state index contributed by atoms with van der Waals surface area (Å²) in [6, 6.07) is 12.9. The molecule has 0 aliphatic carbocycles. The minimum atomic E-state index is -0.815. The molecule has 0 fully saturated rings. The SMILES string of the molecule is O=C(Nc1cccc(-c2cn3ccsc3n2)c1)c1c[nH]c(=O)n(Cc2ccccc2F)c1=O. The number of nitrogens with zero attached hydrogens (tertiary/aromatic N) is 3. The number of halogens is 1. The molecule has 0 aliphatic rings. The average molecular weight is 461 g/mol. The first-order valence-electron chi connectivity index (χ1n) is 9.89. The lowest BCUT2D eigenvalue weighted by Gasteiger charge is -2.09. The molecule has 8 nitrogen and oxygen atoms in total. The van der Waals surface area contributed by atoms with Gasteiger partial charge in [0.15, 0.2) is 4.96 Å². The largest absolute Gasteiger partial charge is 0.328 e. The third-order valence-corrected chi connectivity index (χ3v) is 5.87. The summed E-state index contributed by atoms with van der Waals surface area (Å²) in [5, 5.41) is 4.61. The van der Waals surface area contributed by atoms with Crippen molar-refractivity contribution in [3.63, 3.8) is 0 Å². The molecule has 33 heavy (non-hydrogen) atoms. The molecule has 0 atom stereocenters. The van der Waals surface area contributed by atoms with Crippen LogP contribution in [-0.4, -0.2) is 24.8 Å². The summed E-state index contributed by atoms with van der Waals surface area (Å²) in [6.07, 6.45) is 4.85. The maximum absolute atomic E-state index is 14.0. The van der Waals surface area contributed by atoms with Crippen LogP contribution in [-0.2, 0) is 6.54 Å². The zero-order chi connectivity index (χ0) is 22.9. The summed E-state index contributed by atoms with van der Waals surface area (Å²) in [7, 11) is 0. The van der Waals surface area contributed by atoms with E-state index in [9.17, 15) is 18.8 Å². The highest BCUT2D eigenvalue weighted by atomic mass is 32.1. The highest BCUT2D eigenvalue weighted by Gasteiger charge is 2.16. The highest BCUT2D eigenvalue weighted by molar-refractivity contribution is 7.15. The molecule has 5 aromatic rings. The number of aromatic nitrogens is 4. The van der Waals surface area contributed by atoms with Gasteiger partial charge in [-0.3, -0.25) is 18.6 Å². The molecule has 2 N–H and O–H groups in total. The number of benzene rings is 2. The smallest absolute Gasteiger partial charge is 0.322 e. The molecule has 164 valence electrons. The molecular weight excluding hydrogens is 445 g/mol. The monoisotopic (exact) mass is 461 g/mol. The van der Waals surface area contributed by atoms with Crippen LogP contribution in [0.5, 0.6) is 0 Å². The number of thiazole rings is 1. The van der Waals surface area contributed by atoms with Crippen LogP contribution in [0.4, 0.5) is 10.1 Å². The van der Waals surface area contributed by atoms with Crippen molar-refractivity contribution in [3.8, 4) is 11.3 Å². The summed E-state index contributed by atoms with van der Waals surface area (Å²) >= 11 is 1.51. The Morgan fingerprint density at radius 1 is 1.15 bits per heavy atom. The minimum Gasteiger partial charge on any atom is -0.322 e. The summed E-state index contributed by atoms with van der Waals surface area (Å²) in [6.45, 7) is -0.297. The second kappa shape index (κ2) is 8.32. The molecule has 3 aromatic heterocycles. The molecule has 2 aromatic carbocycles. The highest BCUT2D eigenvalue weighted by Crippen LogP contribution is 2.24. The van der Waals surface area contributed by atoms with Crippen molar-refractivity contribution in [2.75, 3.05) is 5.32 Å². The van der Waals surface area contributed by atoms with Crippen molar-refractivity contribution in [3.05, 3.63) is 110 Å². The predicted molar refractivity (Wildman–Crippen MR) is 123 cm³/mol. The second-order valence-corrected chi connectivity index (χ2v) is 8.12. The van der Waals surface area contributed by atoms with Crippen molar-refractivity contribution in [1.29, 1.82) is 0 Å². The number of aromatic amines is 1. The predicted octanol–water partition coefficient (Wildman–Crippen LogP) is 3.35. The molecular formula is C23H16FN5O3S. The van der Waals surface area contributed by atoms with E-state index in [2.05, 4.69) is 15.3 Å². The lowest BCUT2D eigenvalue weighted by Crippen LogP contribution is -2.39. The Labute approximate surface area is 189 Å². The number of carbonyl (C=O) groups excluding carboxylic acids is 1. The van der Waals surface area contributed by atoms with E-state index in [0.717, 1.165) is 27.0 Å². The number of hydrogen-bond donors (Lipinski definition) is 2. The van der Waals surface area contributed by atoms with Gasteiger partial charge >= 0.3 is 5.69 Å². The van der Waals surface area contributed by atoms with Crippen molar-refractivity contribution in [2.24, 2.45) is 0 Å². The first kappa shape index (κ1) is 20.6. The van der Waals surface area contributed by atoms with E-state index in [4.69, 9.17) is 0 Å². The van der Waals surface area contributed by atoms with E-state index in [-0.39, 0.29) is 17.7 Å². The maximum Gasteiger partial charge on any atom is 0.328 e. The summed E-state index contributed by atoms with van der Waals surface area (Å²) < 4.78 is 16.7. The van der Waals surface area contributed by atoms with E-state index in [1.54, 1.807) is 24.3 Å². The lowest BCUT2D eigenvalue weighted by atomic mass is 10.1. The number of imidazole rings is 1. The van der Waals surface area contributed by atoms with Crippen molar-refractivity contribution in [1.82, 2.24) is 18.9 Å². The van der Waals surface area contributed by atoms with E-state index in [0.29, 0.717) is 5.69 Å². The average Bonchev–Trinajstić information content (AvgIpc) is 3.40. The Bertz CT molecular complexity index is 1590. The summed E-state index contributed by atoms with van der Waals surface area (Å²) in [4.78, 5) is 45.6. The van der Waals surface area contributed by atoms with Gasteiger partial charge in [0, 0.05) is 40.8 Å². The molecule has 0 saturated carbocycles. The van der Waals surface area contributed by atoms with Crippen LogP contribution in [0.1, 0.15) is 15.9 Å². The van der Waals surface area contributed by atoms with Crippen LogP contribution in [0.3, 0.4) is 0 Å². The van der Waals surface area contributed by atoms with Gasteiger partial charge in [-0.25, -0.2) is 14.2 Å². The third kappa shape index (κ3) is 3.99. The molecule has 3 heterocycles. The molecule has 10 heteroatoms. The van der Waals surface area contributed by atoms with Crippen LogP contribution in [0, 0.1) is 5.82 Å². The lowest BCUT2D eigenvalue weighted by molar-refractivity contribution is 0.102. The fraction of sp³-hybridized carbons (Fsp3) is 0.0435. The first-order valence-corrected chi connectivity index (χ1v) is 10.8. The Kier molecular flexibility index (Phi) is 5.19. The number of amides is 1. The summed E-state index contributed by atoms with van der Waals surface area (Å²) in [5.41, 5.74) is 0.345. The van der Waals surface area contributed by atoms with Crippen molar-refractivity contribution < 1.29 is 9.18 Å². The molecule has 0 spiro atoms. The number of anilines is 1. The fourth-order valence-electron chi connectivity index (χ4n) is 3.44. The number of rotatable bonds is 5. The van der Waals surface area contributed by atoms with Gasteiger partial charge in [0.25, 0.3) is 11.5 Å².